The summed E-state index contributed by atoms with van der Waals surface area (Å²) in [4.78, 5) is 22.0. The van der Waals surface area contributed by atoms with Gasteiger partial charge in [-0.15, -0.1) is 11.3 Å². The monoisotopic (exact) mass is 452 g/mol. The molecular formula is C23H18F2N4O2S. The summed E-state index contributed by atoms with van der Waals surface area (Å²) in [5, 5.41) is 8.16. The number of thiophene rings is 1. The van der Waals surface area contributed by atoms with E-state index < -0.39 is 6.61 Å². The highest BCUT2D eigenvalue weighted by Gasteiger charge is 2.25. The third kappa shape index (κ3) is 3.44. The minimum absolute atomic E-state index is 0.0101. The Hall–Kier alpha value is -3.59. The number of halogens is 2. The molecule has 32 heavy (non-hydrogen) atoms. The average Bonchev–Trinajstić information content (AvgIpc) is 3.10. The van der Waals surface area contributed by atoms with Crippen LogP contribution in [-0.4, -0.2) is 35.1 Å². The van der Waals surface area contributed by atoms with Gasteiger partial charge < -0.3 is 15.4 Å². The molecule has 0 unspecified atom stereocenters. The lowest BCUT2D eigenvalue weighted by molar-refractivity contribution is -0.0496. The number of aromatic nitrogens is 2. The summed E-state index contributed by atoms with van der Waals surface area (Å²) < 4.78 is 31.5. The summed E-state index contributed by atoms with van der Waals surface area (Å²) in [6.45, 7) is 3.26. The van der Waals surface area contributed by atoms with E-state index in [1.807, 2.05) is 25.1 Å². The Bertz CT molecular complexity index is 1390. The number of pyridine rings is 2. The van der Waals surface area contributed by atoms with E-state index in [-0.39, 0.29) is 17.7 Å². The molecule has 1 amide bonds. The number of carbonyl (C=O) groups is 1. The first-order valence-corrected chi connectivity index (χ1v) is 10.7. The molecule has 9 heteroatoms. The minimum atomic E-state index is -2.98. The minimum Gasteiger partial charge on any atom is -0.432 e. The SMILES string of the molecule is C=Cc1cc(-c2ccc3c(ccc4sc5c(c43)NC[C@@H](C)NC5=O)n2)c(OC(F)F)cn1. The molecule has 5 rings (SSSR count). The van der Waals surface area contributed by atoms with Gasteiger partial charge in [-0.1, -0.05) is 6.58 Å². The molecule has 1 atom stereocenters. The zero-order valence-corrected chi connectivity index (χ0v) is 17.8. The molecule has 1 aliphatic rings. The Morgan fingerprint density at radius 2 is 2.16 bits per heavy atom. The molecule has 162 valence electrons. The van der Waals surface area contributed by atoms with Crippen LogP contribution in [0.5, 0.6) is 5.75 Å². The van der Waals surface area contributed by atoms with Crippen LogP contribution in [-0.2, 0) is 0 Å². The van der Waals surface area contributed by atoms with E-state index in [1.54, 1.807) is 12.1 Å². The first-order valence-electron chi connectivity index (χ1n) is 9.93. The molecule has 0 saturated carbocycles. The number of carbonyl (C=O) groups excluding carboxylic acids is 1. The van der Waals surface area contributed by atoms with Crippen molar-refractivity contribution in [3.63, 3.8) is 0 Å². The first kappa shape index (κ1) is 20.3. The smallest absolute Gasteiger partial charge is 0.387 e. The number of benzene rings is 1. The van der Waals surface area contributed by atoms with Crippen LogP contribution in [0.2, 0.25) is 0 Å². The van der Waals surface area contributed by atoms with Crippen molar-refractivity contribution in [1.82, 2.24) is 15.3 Å². The van der Waals surface area contributed by atoms with Crippen LogP contribution in [0, 0.1) is 0 Å². The van der Waals surface area contributed by atoms with Crippen LogP contribution in [0.15, 0.2) is 43.1 Å². The molecule has 1 aliphatic heterocycles. The lowest BCUT2D eigenvalue weighted by Gasteiger charge is -2.12. The van der Waals surface area contributed by atoms with E-state index in [0.717, 1.165) is 21.2 Å². The molecule has 4 aromatic rings. The third-order valence-electron chi connectivity index (χ3n) is 5.28. The summed E-state index contributed by atoms with van der Waals surface area (Å²) in [6, 6.07) is 9.05. The highest BCUT2D eigenvalue weighted by atomic mass is 32.1. The summed E-state index contributed by atoms with van der Waals surface area (Å²) >= 11 is 1.43. The predicted octanol–water partition coefficient (Wildman–Crippen LogP) is 5.30. The molecule has 6 nitrogen and oxygen atoms in total. The van der Waals surface area contributed by atoms with Crippen molar-refractivity contribution in [2.45, 2.75) is 19.6 Å². The van der Waals surface area contributed by atoms with Crippen molar-refractivity contribution in [1.29, 1.82) is 0 Å². The zero-order valence-electron chi connectivity index (χ0n) is 17.0. The number of nitrogens with one attached hydrogen (secondary N) is 2. The van der Waals surface area contributed by atoms with Crippen molar-refractivity contribution in [3.05, 3.63) is 53.7 Å². The number of alkyl halides is 2. The largest absolute Gasteiger partial charge is 0.432 e. The predicted molar refractivity (Wildman–Crippen MR) is 122 cm³/mol. The fraction of sp³-hybridized carbons (Fsp3) is 0.174. The van der Waals surface area contributed by atoms with Crippen LogP contribution in [0.3, 0.4) is 0 Å². The Labute approximate surface area is 185 Å². The summed E-state index contributed by atoms with van der Waals surface area (Å²) in [5.74, 6) is -0.158. The second kappa shape index (κ2) is 7.83. The number of anilines is 1. The molecule has 2 N–H and O–H groups in total. The van der Waals surface area contributed by atoms with Gasteiger partial charge in [0, 0.05) is 33.6 Å². The van der Waals surface area contributed by atoms with Crippen molar-refractivity contribution in [3.8, 4) is 17.0 Å². The molecular weight excluding hydrogens is 434 g/mol. The summed E-state index contributed by atoms with van der Waals surface area (Å²) in [6.07, 6.45) is 2.77. The Morgan fingerprint density at radius 1 is 1.31 bits per heavy atom. The highest BCUT2D eigenvalue weighted by molar-refractivity contribution is 7.21. The average molecular weight is 452 g/mol. The zero-order chi connectivity index (χ0) is 22.4. The maximum Gasteiger partial charge on any atom is 0.387 e. The van der Waals surface area contributed by atoms with Crippen LogP contribution in [0.4, 0.5) is 14.5 Å². The molecule has 0 radical (unpaired) electrons. The van der Waals surface area contributed by atoms with E-state index >= 15 is 0 Å². The number of hydrogen-bond acceptors (Lipinski definition) is 6. The quantitative estimate of drug-likeness (QED) is 0.440. The molecule has 0 aliphatic carbocycles. The molecule has 1 aromatic carbocycles. The molecule has 3 aromatic heterocycles. The number of nitrogens with zero attached hydrogens (tertiary/aromatic N) is 2. The fourth-order valence-corrected chi connectivity index (χ4v) is 4.93. The van der Waals surface area contributed by atoms with Gasteiger partial charge in [-0.25, -0.2) is 4.98 Å². The second-order valence-corrected chi connectivity index (χ2v) is 8.50. The first-order chi connectivity index (χ1) is 15.4. The van der Waals surface area contributed by atoms with Gasteiger partial charge in [-0.3, -0.25) is 9.78 Å². The van der Waals surface area contributed by atoms with Gasteiger partial charge in [0.1, 0.15) is 4.88 Å². The lowest BCUT2D eigenvalue weighted by Crippen LogP contribution is -2.34. The van der Waals surface area contributed by atoms with Gasteiger partial charge in [-0.05, 0) is 43.3 Å². The van der Waals surface area contributed by atoms with E-state index in [4.69, 9.17) is 4.98 Å². The van der Waals surface area contributed by atoms with Gasteiger partial charge >= 0.3 is 6.61 Å². The second-order valence-electron chi connectivity index (χ2n) is 7.45. The van der Waals surface area contributed by atoms with Gasteiger partial charge in [0.2, 0.25) is 0 Å². The Balaban J connectivity index is 1.69. The number of rotatable bonds is 4. The van der Waals surface area contributed by atoms with E-state index in [9.17, 15) is 13.6 Å². The molecule has 0 fully saturated rings. The fourth-order valence-electron chi connectivity index (χ4n) is 3.84. The third-order valence-corrected chi connectivity index (χ3v) is 6.43. The maximum absolute atomic E-state index is 12.9. The topological polar surface area (TPSA) is 76.1 Å². The van der Waals surface area contributed by atoms with Gasteiger partial charge in [0.05, 0.1) is 28.8 Å². The van der Waals surface area contributed by atoms with E-state index in [0.29, 0.717) is 33.9 Å². The van der Waals surface area contributed by atoms with Crippen molar-refractivity contribution in [2.24, 2.45) is 0 Å². The van der Waals surface area contributed by atoms with Gasteiger partial charge in [-0.2, -0.15) is 8.78 Å². The number of ether oxygens (including phenoxy) is 1. The van der Waals surface area contributed by atoms with Crippen LogP contribution < -0.4 is 15.4 Å². The van der Waals surface area contributed by atoms with Crippen molar-refractivity contribution >= 4 is 50.0 Å². The van der Waals surface area contributed by atoms with Crippen LogP contribution >= 0.6 is 11.3 Å². The van der Waals surface area contributed by atoms with Gasteiger partial charge in [0.25, 0.3) is 5.91 Å². The maximum atomic E-state index is 12.9. The van der Waals surface area contributed by atoms with Crippen LogP contribution in [0.25, 0.3) is 38.3 Å². The molecule has 0 bridgehead atoms. The van der Waals surface area contributed by atoms with E-state index in [1.165, 1.54) is 23.6 Å². The number of hydrogen-bond donors (Lipinski definition) is 2. The lowest BCUT2D eigenvalue weighted by atomic mass is 10.1. The molecule has 0 saturated heterocycles. The Kier molecular flexibility index (Phi) is 4.97. The summed E-state index contributed by atoms with van der Waals surface area (Å²) in [5.41, 5.74) is 2.86. The van der Waals surface area contributed by atoms with Crippen LogP contribution in [0.1, 0.15) is 22.3 Å². The summed E-state index contributed by atoms with van der Waals surface area (Å²) in [7, 11) is 0. The number of amides is 1. The van der Waals surface area contributed by atoms with E-state index in [2.05, 4.69) is 26.9 Å². The number of fused-ring (bicyclic) bond motifs is 5. The van der Waals surface area contributed by atoms with Crippen molar-refractivity contribution < 1.29 is 18.3 Å². The van der Waals surface area contributed by atoms with Crippen molar-refractivity contribution in [2.75, 3.05) is 11.9 Å². The Morgan fingerprint density at radius 3 is 2.94 bits per heavy atom. The highest BCUT2D eigenvalue weighted by Crippen LogP contribution is 2.41. The standard InChI is InChI=1S/C23H18F2N4O2S/c1-3-12-8-14(17(10-26-12)31-23(24)25)16-5-4-13-15(29-16)6-7-18-19(13)20-21(32-18)22(30)28-11(2)9-27-20/h3-8,10-11,23,27H,1,9H2,2H3,(H,28,30)/t11-/m1/s1. The normalized spacial score (nSPS) is 15.9. The molecule has 0 spiro atoms. The molecule has 4 heterocycles. The van der Waals surface area contributed by atoms with Gasteiger partial charge in [0.15, 0.2) is 5.75 Å².